The molecule has 1 nitrogen and oxygen atoms in total. The van der Waals surface area contributed by atoms with Crippen LogP contribution in [-0.4, -0.2) is 17.9 Å². The van der Waals surface area contributed by atoms with Crippen LogP contribution in [0, 0.1) is 11.6 Å². The van der Waals surface area contributed by atoms with Crippen LogP contribution in [-0.2, 0) is 0 Å². The van der Waals surface area contributed by atoms with E-state index in [0.29, 0.717) is 5.56 Å². The van der Waals surface area contributed by atoms with E-state index < -0.39 is 41.7 Å². The topological polar surface area (TPSA) is 3.24 Å². The van der Waals surface area contributed by atoms with Crippen LogP contribution < -0.4 is 0 Å². The van der Waals surface area contributed by atoms with Gasteiger partial charge in [0.05, 0.1) is 23.5 Å². The van der Waals surface area contributed by atoms with E-state index in [-0.39, 0.29) is 16.3 Å². The minimum atomic E-state index is -2.89. The fraction of sp³-hybridized carbons (Fsp3) is 0.182. The Labute approximate surface area is 171 Å². The number of allylic oxidation sites excluding steroid dienone is 3. The minimum Gasteiger partial charge on any atom is -0.333 e. The molecule has 1 heterocycles. The van der Waals surface area contributed by atoms with Crippen LogP contribution >= 0.6 is 11.6 Å². The lowest BCUT2D eigenvalue weighted by Crippen LogP contribution is -2.30. The molecule has 0 saturated heterocycles. The van der Waals surface area contributed by atoms with E-state index in [1.807, 2.05) is 13.8 Å². The predicted molar refractivity (Wildman–Crippen MR) is 107 cm³/mol. The molecule has 2 aromatic carbocycles. The lowest BCUT2D eigenvalue weighted by Gasteiger charge is -2.33. The quantitative estimate of drug-likeness (QED) is 0.458. The van der Waals surface area contributed by atoms with E-state index in [1.54, 1.807) is 30.3 Å². The standard InChI is InChI=1S/C20H13ClF5N.C2H6/c1-11-15(22)9-14(12-5-3-2-4-6-12)20(27(11)10-18(25)26)19-16(23)7-13(21)8-17(19)24;1-2/h2-9,18H,1,10H2;1-2H3. The number of hydrogen-bond donors (Lipinski definition) is 0. The van der Waals surface area contributed by atoms with Gasteiger partial charge in [-0.2, -0.15) is 0 Å². The van der Waals surface area contributed by atoms with Crippen LogP contribution in [0.1, 0.15) is 25.0 Å². The van der Waals surface area contributed by atoms with E-state index >= 15 is 0 Å². The Morgan fingerprint density at radius 2 is 1.55 bits per heavy atom. The molecule has 1 aliphatic rings. The van der Waals surface area contributed by atoms with Crippen molar-refractivity contribution in [3.05, 3.63) is 94.4 Å². The summed E-state index contributed by atoms with van der Waals surface area (Å²) < 4.78 is 69.9. The Morgan fingerprint density at radius 3 is 2.07 bits per heavy atom. The molecule has 0 aliphatic carbocycles. The highest BCUT2D eigenvalue weighted by atomic mass is 35.5. The van der Waals surface area contributed by atoms with Crippen molar-refractivity contribution in [2.75, 3.05) is 6.54 Å². The molecule has 154 valence electrons. The van der Waals surface area contributed by atoms with Crippen molar-refractivity contribution in [1.29, 1.82) is 0 Å². The summed E-state index contributed by atoms with van der Waals surface area (Å²) in [6.07, 6.45) is -1.86. The molecular formula is C22H19ClF5N. The average Bonchev–Trinajstić information content (AvgIpc) is 2.68. The van der Waals surface area contributed by atoms with Crippen LogP contribution in [0.5, 0.6) is 0 Å². The molecule has 0 radical (unpaired) electrons. The van der Waals surface area contributed by atoms with E-state index in [4.69, 9.17) is 11.6 Å². The third-order valence-electron chi connectivity index (χ3n) is 4.05. The molecule has 0 spiro atoms. The van der Waals surface area contributed by atoms with Crippen LogP contribution in [0.25, 0.3) is 11.3 Å². The number of halogens is 6. The maximum Gasteiger partial charge on any atom is 0.256 e. The lowest BCUT2D eigenvalue weighted by atomic mass is 9.94. The van der Waals surface area contributed by atoms with Gasteiger partial charge in [-0.15, -0.1) is 0 Å². The summed E-state index contributed by atoms with van der Waals surface area (Å²) in [4.78, 5) is 0.789. The number of alkyl halides is 2. The number of benzene rings is 2. The minimum absolute atomic E-state index is 0.0567. The first-order chi connectivity index (χ1) is 13.8. The van der Waals surface area contributed by atoms with Crippen LogP contribution in [0.3, 0.4) is 0 Å². The van der Waals surface area contributed by atoms with Gasteiger partial charge in [-0.3, -0.25) is 0 Å². The van der Waals surface area contributed by atoms with Gasteiger partial charge in [0.2, 0.25) is 0 Å². The summed E-state index contributed by atoms with van der Waals surface area (Å²) in [5, 5.41) is -0.188. The molecule has 0 aromatic heterocycles. The molecule has 0 atom stereocenters. The number of hydrogen-bond acceptors (Lipinski definition) is 1. The van der Waals surface area contributed by atoms with Crippen molar-refractivity contribution in [2.24, 2.45) is 0 Å². The molecule has 0 N–H and O–H groups in total. The smallest absolute Gasteiger partial charge is 0.256 e. The third kappa shape index (κ3) is 4.88. The van der Waals surface area contributed by atoms with Gasteiger partial charge in [0.25, 0.3) is 6.43 Å². The average molecular weight is 428 g/mol. The normalized spacial score (nSPS) is 14.0. The van der Waals surface area contributed by atoms with E-state index in [2.05, 4.69) is 6.58 Å². The fourth-order valence-corrected chi connectivity index (χ4v) is 3.09. The highest BCUT2D eigenvalue weighted by molar-refractivity contribution is 6.30. The first-order valence-electron chi connectivity index (χ1n) is 8.86. The lowest BCUT2D eigenvalue weighted by molar-refractivity contribution is 0.122. The zero-order valence-electron chi connectivity index (χ0n) is 15.8. The second-order valence-corrected chi connectivity index (χ2v) is 6.25. The second kappa shape index (κ2) is 9.74. The largest absolute Gasteiger partial charge is 0.333 e. The van der Waals surface area contributed by atoms with Gasteiger partial charge in [0, 0.05) is 10.6 Å². The SMILES string of the molecule is C=C1C(F)=CC(c2ccccc2)=C(c2c(F)cc(Cl)cc2F)N1CC(F)F.CC. The highest BCUT2D eigenvalue weighted by Gasteiger charge is 2.32. The molecule has 0 fully saturated rings. The zero-order valence-corrected chi connectivity index (χ0v) is 16.6. The van der Waals surface area contributed by atoms with Crippen LogP contribution in [0.4, 0.5) is 22.0 Å². The molecule has 3 rings (SSSR count). The summed E-state index contributed by atoms with van der Waals surface area (Å²) >= 11 is 5.67. The first kappa shape index (κ1) is 22.7. The Morgan fingerprint density at radius 1 is 1.00 bits per heavy atom. The maximum absolute atomic E-state index is 14.6. The molecule has 0 amide bonds. The van der Waals surface area contributed by atoms with Crippen molar-refractivity contribution in [1.82, 2.24) is 4.90 Å². The van der Waals surface area contributed by atoms with Crippen LogP contribution in [0.15, 0.2) is 66.6 Å². The van der Waals surface area contributed by atoms with E-state index in [1.165, 1.54) is 0 Å². The molecule has 0 unspecified atom stereocenters. The molecule has 0 saturated carbocycles. The first-order valence-corrected chi connectivity index (χ1v) is 9.24. The molecule has 2 aromatic rings. The van der Waals surface area contributed by atoms with Crippen LogP contribution in [0.2, 0.25) is 5.02 Å². The molecule has 0 bridgehead atoms. The summed E-state index contributed by atoms with van der Waals surface area (Å²) in [6, 6.07) is 9.88. The highest BCUT2D eigenvalue weighted by Crippen LogP contribution is 2.42. The van der Waals surface area contributed by atoms with Crippen molar-refractivity contribution in [3.63, 3.8) is 0 Å². The van der Waals surface area contributed by atoms with Crippen molar-refractivity contribution >= 4 is 22.9 Å². The summed E-state index contributed by atoms with van der Waals surface area (Å²) in [5.41, 5.74) is -0.758. The van der Waals surface area contributed by atoms with Gasteiger partial charge >= 0.3 is 0 Å². The fourth-order valence-electron chi connectivity index (χ4n) is 2.90. The maximum atomic E-state index is 14.6. The zero-order chi connectivity index (χ0) is 21.7. The predicted octanol–water partition coefficient (Wildman–Crippen LogP) is 7.46. The Kier molecular flexibility index (Phi) is 7.62. The Hall–Kier alpha value is -2.60. The number of nitrogens with zero attached hydrogens (tertiary/aromatic N) is 1. The van der Waals surface area contributed by atoms with Crippen molar-refractivity contribution < 1.29 is 22.0 Å². The van der Waals surface area contributed by atoms with Crippen molar-refractivity contribution in [2.45, 2.75) is 20.3 Å². The summed E-state index contributed by atoms with van der Waals surface area (Å²) in [6.45, 7) is 6.48. The summed E-state index contributed by atoms with van der Waals surface area (Å²) in [5.74, 6) is -2.97. The Bertz CT molecular complexity index is 928. The monoisotopic (exact) mass is 427 g/mol. The third-order valence-corrected chi connectivity index (χ3v) is 4.26. The van der Waals surface area contributed by atoms with Gasteiger partial charge in [0.15, 0.2) is 0 Å². The number of rotatable bonds is 4. The van der Waals surface area contributed by atoms with Gasteiger partial charge in [-0.25, -0.2) is 22.0 Å². The van der Waals surface area contributed by atoms with Gasteiger partial charge < -0.3 is 4.90 Å². The second-order valence-electron chi connectivity index (χ2n) is 5.81. The van der Waals surface area contributed by atoms with Gasteiger partial charge in [-0.1, -0.05) is 62.4 Å². The summed E-state index contributed by atoms with van der Waals surface area (Å²) in [7, 11) is 0. The molecule has 29 heavy (non-hydrogen) atoms. The van der Waals surface area contributed by atoms with E-state index in [0.717, 1.165) is 23.1 Å². The van der Waals surface area contributed by atoms with Crippen molar-refractivity contribution in [3.8, 4) is 0 Å². The van der Waals surface area contributed by atoms with Gasteiger partial charge in [0.1, 0.15) is 17.5 Å². The Balaban J connectivity index is 0.00000145. The molecule has 1 aliphatic heterocycles. The molecule has 7 heteroatoms. The van der Waals surface area contributed by atoms with Gasteiger partial charge in [-0.05, 0) is 23.8 Å². The molecular weight excluding hydrogens is 409 g/mol. The van der Waals surface area contributed by atoms with E-state index in [9.17, 15) is 22.0 Å².